The Morgan fingerprint density at radius 2 is 1.08 bits per heavy atom. The Bertz CT molecular complexity index is 232. The molecule has 0 aromatic carbocycles. The first kappa shape index (κ1) is 10.7. The molecule has 2 N–H and O–H groups in total. The van der Waals surface area contributed by atoms with Crippen LogP contribution in [0.2, 0.25) is 0 Å². The minimum absolute atomic E-state index is 0.338. The van der Waals surface area contributed by atoms with E-state index in [2.05, 4.69) is 9.98 Å². The van der Waals surface area contributed by atoms with E-state index >= 15 is 0 Å². The monoisotopic (exact) mass is 166 g/mol. The van der Waals surface area contributed by atoms with Crippen molar-refractivity contribution in [3.63, 3.8) is 0 Å². The van der Waals surface area contributed by atoms with Crippen LogP contribution in [0.3, 0.4) is 0 Å². The lowest BCUT2D eigenvalue weighted by atomic mass is 10.1. The first-order valence-electron chi connectivity index (χ1n) is 3.59. The van der Waals surface area contributed by atoms with Gasteiger partial charge in [-0.2, -0.15) is 0 Å². The van der Waals surface area contributed by atoms with Crippen LogP contribution < -0.4 is 0 Å². The molecule has 0 aromatic heterocycles. The van der Waals surface area contributed by atoms with Gasteiger partial charge in [-0.15, -0.1) is 0 Å². The second kappa shape index (κ2) is 4.54. The highest BCUT2D eigenvalue weighted by atomic mass is 14.8. The summed E-state index contributed by atoms with van der Waals surface area (Å²) in [4.78, 5) is 7.80. The maximum Gasteiger partial charge on any atom is 0.105 e. The van der Waals surface area contributed by atoms with E-state index in [4.69, 9.17) is 10.8 Å². The van der Waals surface area contributed by atoms with Gasteiger partial charge in [-0.05, 0) is 13.8 Å². The van der Waals surface area contributed by atoms with Crippen LogP contribution in [0, 0.1) is 10.8 Å². The Hall–Kier alpha value is -1.32. The lowest BCUT2D eigenvalue weighted by Gasteiger charge is -2.04. The third-order valence-electron chi connectivity index (χ3n) is 1.38. The Labute approximate surface area is 72.5 Å². The highest BCUT2D eigenvalue weighted by Gasteiger charge is 2.11. The van der Waals surface area contributed by atoms with Gasteiger partial charge in [0, 0.05) is 14.1 Å². The summed E-state index contributed by atoms with van der Waals surface area (Å²) in [5.74, 6) is 0. The van der Waals surface area contributed by atoms with Gasteiger partial charge < -0.3 is 10.8 Å². The summed E-state index contributed by atoms with van der Waals surface area (Å²) in [6.45, 7) is 3.27. The molecule has 0 aliphatic rings. The van der Waals surface area contributed by atoms with Gasteiger partial charge in [0.2, 0.25) is 0 Å². The Morgan fingerprint density at radius 3 is 1.17 bits per heavy atom. The first-order valence-corrected chi connectivity index (χ1v) is 3.59. The van der Waals surface area contributed by atoms with Gasteiger partial charge in [-0.1, -0.05) is 0 Å². The number of hydrogen-bond donors (Lipinski definition) is 2. The van der Waals surface area contributed by atoms with Crippen molar-refractivity contribution in [2.75, 3.05) is 14.1 Å². The van der Waals surface area contributed by atoms with E-state index < -0.39 is 0 Å². The number of rotatable bonds is 3. The molecular formula is C8H14N4. The molecule has 0 unspecified atom stereocenters. The predicted octanol–water partition coefficient (Wildman–Crippen LogP) is 1.21. The molecule has 0 heterocycles. The average molecular weight is 166 g/mol. The third-order valence-corrected chi connectivity index (χ3v) is 1.38. The Kier molecular flexibility index (Phi) is 4.04. The fraction of sp³-hybridized carbons (Fsp3) is 0.500. The van der Waals surface area contributed by atoms with Crippen LogP contribution in [-0.2, 0) is 0 Å². The van der Waals surface area contributed by atoms with E-state index in [1.165, 1.54) is 0 Å². The van der Waals surface area contributed by atoms with Crippen molar-refractivity contribution in [2.24, 2.45) is 9.98 Å². The molecule has 0 aliphatic heterocycles. The first-order chi connectivity index (χ1) is 5.54. The summed E-state index contributed by atoms with van der Waals surface area (Å²) in [6, 6.07) is 0. The lowest BCUT2D eigenvalue weighted by Crippen LogP contribution is -2.27. The van der Waals surface area contributed by atoms with Gasteiger partial charge in [0.15, 0.2) is 0 Å². The van der Waals surface area contributed by atoms with Gasteiger partial charge in [-0.3, -0.25) is 9.98 Å². The lowest BCUT2D eigenvalue weighted by molar-refractivity contribution is 1.41. The molecule has 66 valence electrons. The summed E-state index contributed by atoms with van der Waals surface area (Å²) >= 11 is 0. The van der Waals surface area contributed by atoms with Crippen LogP contribution in [-0.4, -0.2) is 36.9 Å². The molecule has 0 aromatic rings. The fourth-order valence-corrected chi connectivity index (χ4v) is 0.902. The molecule has 0 radical (unpaired) electrons. The topological polar surface area (TPSA) is 72.4 Å². The smallest absolute Gasteiger partial charge is 0.105 e. The van der Waals surface area contributed by atoms with Crippen LogP contribution in [0.5, 0.6) is 0 Å². The molecule has 0 aliphatic carbocycles. The number of nitrogens with one attached hydrogen (secondary N) is 2. The number of aliphatic imine (C=N–C) groups is 2. The summed E-state index contributed by atoms with van der Waals surface area (Å²) in [5.41, 5.74) is 1.66. The van der Waals surface area contributed by atoms with Crippen molar-refractivity contribution in [3.8, 4) is 0 Å². The van der Waals surface area contributed by atoms with Gasteiger partial charge in [0.25, 0.3) is 0 Å². The molecule has 0 saturated heterocycles. The zero-order chi connectivity index (χ0) is 9.72. The summed E-state index contributed by atoms with van der Waals surface area (Å²) in [7, 11) is 3.20. The van der Waals surface area contributed by atoms with Crippen molar-refractivity contribution in [2.45, 2.75) is 13.8 Å². The van der Waals surface area contributed by atoms with Gasteiger partial charge in [0.05, 0.1) is 11.4 Å². The molecule has 0 atom stereocenters. The van der Waals surface area contributed by atoms with Crippen molar-refractivity contribution in [1.29, 1.82) is 10.8 Å². The zero-order valence-corrected chi connectivity index (χ0v) is 7.89. The van der Waals surface area contributed by atoms with E-state index in [1.807, 2.05) is 0 Å². The van der Waals surface area contributed by atoms with E-state index in [-0.39, 0.29) is 0 Å². The SMILES string of the molecule is CN=C(C(C)=N)C(=NC)C(C)=N. The second-order valence-electron chi connectivity index (χ2n) is 2.39. The van der Waals surface area contributed by atoms with Crippen LogP contribution in [0.25, 0.3) is 0 Å². The predicted molar refractivity (Wildman–Crippen MR) is 53.5 cm³/mol. The molecule has 4 nitrogen and oxygen atoms in total. The minimum atomic E-state index is 0.338. The van der Waals surface area contributed by atoms with Crippen molar-refractivity contribution in [1.82, 2.24) is 0 Å². The molecule has 0 saturated carbocycles. The highest BCUT2D eigenvalue weighted by Crippen LogP contribution is 1.90. The maximum atomic E-state index is 7.37. The number of nitrogens with zero attached hydrogens (tertiary/aromatic N) is 2. The van der Waals surface area contributed by atoms with Crippen LogP contribution >= 0.6 is 0 Å². The van der Waals surface area contributed by atoms with Crippen molar-refractivity contribution < 1.29 is 0 Å². The van der Waals surface area contributed by atoms with E-state index in [0.717, 1.165) is 0 Å². The minimum Gasteiger partial charge on any atom is -0.303 e. The standard InChI is InChI=1S/C8H14N4/c1-5(9)7(11-3)8(12-4)6(2)10/h9-10H,1-4H3. The maximum absolute atomic E-state index is 7.37. The molecule has 0 rings (SSSR count). The van der Waals surface area contributed by atoms with Crippen LogP contribution in [0.1, 0.15) is 13.8 Å². The van der Waals surface area contributed by atoms with Gasteiger partial charge >= 0.3 is 0 Å². The zero-order valence-electron chi connectivity index (χ0n) is 7.89. The molecule has 4 heteroatoms. The van der Waals surface area contributed by atoms with Crippen LogP contribution in [0.4, 0.5) is 0 Å². The van der Waals surface area contributed by atoms with Crippen LogP contribution in [0.15, 0.2) is 9.98 Å². The van der Waals surface area contributed by atoms with Crippen molar-refractivity contribution in [3.05, 3.63) is 0 Å². The quantitative estimate of drug-likeness (QED) is 0.591. The van der Waals surface area contributed by atoms with Gasteiger partial charge in [0.1, 0.15) is 11.4 Å². The summed E-state index contributed by atoms with van der Waals surface area (Å²) < 4.78 is 0. The van der Waals surface area contributed by atoms with Crippen molar-refractivity contribution >= 4 is 22.8 Å². The van der Waals surface area contributed by atoms with E-state index in [9.17, 15) is 0 Å². The molecular weight excluding hydrogens is 152 g/mol. The highest BCUT2D eigenvalue weighted by molar-refractivity contribution is 6.81. The summed E-state index contributed by atoms with van der Waals surface area (Å²) in [6.07, 6.45) is 0. The third kappa shape index (κ3) is 2.38. The second-order valence-corrected chi connectivity index (χ2v) is 2.39. The summed E-state index contributed by atoms with van der Waals surface area (Å²) in [5, 5.41) is 14.7. The molecule has 12 heavy (non-hydrogen) atoms. The average Bonchev–Trinajstić information content (AvgIpc) is 1.98. The Balaban J connectivity index is 4.99. The molecule has 0 fully saturated rings. The number of hydrogen-bond acceptors (Lipinski definition) is 4. The Morgan fingerprint density at radius 1 is 0.833 bits per heavy atom. The largest absolute Gasteiger partial charge is 0.303 e. The molecule has 0 bridgehead atoms. The normalized spacial score (nSPS) is 13.0. The molecule has 0 amide bonds. The van der Waals surface area contributed by atoms with Gasteiger partial charge in [-0.25, -0.2) is 0 Å². The van der Waals surface area contributed by atoms with E-state index in [0.29, 0.717) is 22.8 Å². The fourth-order valence-electron chi connectivity index (χ4n) is 0.902. The molecule has 0 spiro atoms. The van der Waals surface area contributed by atoms with E-state index in [1.54, 1.807) is 27.9 Å².